The van der Waals surface area contributed by atoms with Crippen molar-refractivity contribution in [1.82, 2.24) is 15.3 Å². The summed E-state index contributed by atoms with van der Waals surface area (Å²) in [5.41, 5.74) is 5.16. The number of aryl methyl sites for hydroxylation is 1. The highest BCUT2D eigenvalue weighted by Gasteiger charge is 2.32. The van der Waals surface area contributed by atoms with Crippen molar-refractivity contribution < 1.29 is 4.79 Å². The molecule has 1 amide bonds. The Labute approximate surface area is 145 Å². The molecule has 6 heteroatoms. The van der Waals surface area contributed by atoms with E-state index in [4.69, 9.17) is 0 Å². The molecule has 2 aliphatic rings. The Morgan fingerprint density at radius 3 is 3.00 bits per heavy atom. The van der Waals surface area contributed by atoms with Crippen LogP contribution in [0.3, 0.4) is 0 Å². The van der Waals surface area contributed by atoms with Gasteiger partial charge in [-0.15, -0.1) is 0 Å². The molecule has 3 heterocycles. The lowest BCUT2D eigenvalue weighted by Crippen LogP contribution is -2.33. The van der Waals surface area contributed by atoms with E-state index < -0.39 is 0 Å². The zero-order valence-electron chi connectivity index (χ0n) is 13.7. The summed E-state index contributed by atoms with van der Waals surface area (Å²) in [5, 5.41) is 12.6. The summed E-state index contributed by atoms with van der Waals surface area (Å²) in [6, 6.07) is 12.1. The number of fused-ring (bicyclic) bond motifs is 1. The molecule has 1 unspecified atom stereocenters. The van der Waals surface area contributed by atoms with Gasteiger partial charge in [-0.25, -0.2) is 9.99 Å². The number of aromatic nitrogens is 1. The molecule has 4 rings (SSSR count). The second kappa shape index (κ2) is 6.24. The first-order valence-corrected chi connectivity index (χ1v) is 8.01. The van der Waals surface area contributed by atoms with Crippen molar-refractivity contribution in [3.05, 3.63) is 71.4 Å². The maximum atomic E-state index is 10.7. The summed E-state index contributed by atoms with van der Waals surface area (Å²) < 4.78 is 0. The predicted molar refractivity (Wildman–Crippen MR) is 98.3 cm³/mol. The van der Waals surface area contributed by atoms with Crippen molar-refractivity contribution in [2.24, 2.45) is 5.10 Å². The third-order valence-corrected chi connectivity index (χ3v) is 4.14. The van der Waals surface area contributed by atoms with Gasteiger partial charge >= 0.3 is 0 Å². The molecule has 1 atom stereocenters. The van der Waals surface area contributed by atoms with Gasteiger partial charge in [0, 0.05) is 23.5 Å². The lowest BCUT2D eigenvalue weighted by Gasteiger charge is -2.23. The van der Waals surface area contributed by atoms with Crippen molar-refractivity contribution in [2.75, 3.05) is 5.32 Å². The molecule has 1 aromatic carbocycles. The fourth-order valence-electron chi connectivity index (χ4n) is 3.07. The average molecular weight is 331 g/mol. The lowest BCUT2D eigenvalue weighted by atomic mass is 10.0. The third-order valence-electron chi connectivity index (χ3n) is 4.14. The molecule has 0 radical (unpaired) electrons. The normalized spacial score (nSPS) is 18.1. The van der Waals surface area contributed by atoms with Gasteiger partial charge in [-0.05, 0) is 37.3 Å². The highest BCUT2D eigenvalue weighted by molar-refractivity contribution is 5.93. The zero-order chi connectivity index (χ0) is 17.2. The van der Waals surface area contributed by atoms with Gasteiger partial charge in [0.05, 0.1) is 11.4 Å². The lowest BCUT2D eigenvalue weighted by molar-refractivity contribution is -0.105. The van der Waals surface area contributed by atoms with Crippen LogP contribution in [0.1, 0.15) is 16.7 Å². The number of rotatable bonds is 4. The molecule has 0 saturated carbocycles. The molecule has 0 saturated heterocycles. The molecule has 0 bridgehead atoms. The number of anilines is 1. The van der Waals surface area contributed by atoms with Gasteiger partial charge in [0.2, 0.25) is 6.41 Å². The van der Waals surface area contributed by atoms with Crippen LogP contribution < -0.4 is 10.6 Å². The first-order valence-electron chi connectivity index (χ1n) is 8.01. The van der Waals surface area contributed by atoms with E-state index in [0.29, 0.717) is 12.2 Å². The number of nitrogens with zero attached hydrogens (tertiary/aromatic N) is 3. The van der Waals surface area contributed by atoms with Crippen molar-refractivity contribution in [1.29, 1.82) is 0 Å². The Morgan fingerprint density at radius 1 is 1.24 bits per heavy atom. The van der Waals surface area contributed by atoms with E-state index in [1.807, 2.05) is 29.3 Å². The van der Waals surface area contributed by atoms with Gasteiger partial charge < -0.3 is 10.6 Å². The molecule has 2 aromatic rings. The van der Waals surface area contributed by atoms with Crippen molar-refractivity contribution in [2.45, 2.75) is 13.1 Å². The summed E-state index contributed by atoms with van der Waals surface area (Å²) in [4.78, 5) is 14.9. The number of hydrazone groups is 1. The van der Waals surface area contributed by atoms with Crippen molar-refractivity contribution in [3.8, 4) is 0 Å². The van der Waals surface area contributed by atoms with Crippen LogP contribution in [0.25, 0.3) is 11.4 Å². The summed E-state index contributed by atoms with van der Waals surface area (Å²) >= 11 is 0. The maximum Gasteiger partial charge on any atom is 0.212 e. The quantitative estimate of drug-likeness (QED) is 0.845. The van der Waals surface area contributed by atoms with E-state index in [2.05, 4.69) is 51.9 Å². The van der Waals surface area contributed by atoms with Gasteiger partial charge in [-0.1, -0.05) is 23.8 Å². The molecule has 25 heavy (non-hydrogen) atoms. The molecular weight excluding hydrogens is 314 g/mol. The smallest absolute Gasteiger partial charge is 0.212 e. The molecule has 2 aliphatic heterocycles. The molecule has 6 nitrogen and oxygen atoms in total. The van der Waals surface area contributed by atoms with Gasteiger partial charge in [-0.2, -0.15) is 5.10 Å². The second-order valence-corrected chi connectivity index (χ2v) is 5.87. The topological polar surface area (TPSA) is 69.6 Å². The number of pyridine rings is 1. The summed E-state index contributed by atoms with van der Waals surface area (Å²) in [7, 11) is 0. The number of carbonyl (C=O) groups excluding carboxylic acids is 1. The Morgan fingerprint density at radius 2 is 2.16 bits per heavy atom. The number of hydrogen-bond acceptors (Lipinski definition) is 5. The summed E-state index contributed by atoms with van der Waals surface area (Å²) in [5.74, 6) is 0.503. The van der Waals surface area contributed by atoms with Crippen LogP contribution in [-0.2, 0) is 4.79 Å². The van der Waals surface area contributed by atoms with Gasteiger partial charge in [-0.3, -0.25) is 4.79 Å². The van der Waals surface area contributed by atoms with E-state index in [-0.39, 0.29) is 6.17 Å². The monoisotopic (exact) mass is 331 g/mol. The first kappa shape index (κ1) is 15.1. The van der Waals surface area contributed by atoms with Crippen LogP contribution in [0.15, 0.2) is 59.8 Å². The summed E-state index contributed by atoms with van der Waals surface area (Å²) in [6.07, 6.45) is 8.02. The SMILES string of the molecule is Cc1cccc(C2=C(c3ccnc(NC=O)c3)N3N=CC=CC3N2)c1. The molecule has 0 spiro atoms. The number of hydrogen-bond donors (Lipinski definition) is 2. The highest BCUT2D eigenvalue weighted by Crippen LogP contribution is 2.36. The number of amides is 1. The molecule has 0 aliphatic carbocycles. The first-order chi connectivity index (χ1) is 12.3. The van der Waals surface area contributed by atoms with Crippen molar-refractivity contribution in [3.63, 3.8) is 0 Å². The Balaban J connectivity index is 1.87. The highest BCUT2D eigenvalue weighted by atomic mass is 16.1. The largest absolute Gasteiger partial charge is 0.358 e. The predicted octanol–water partition coefficient (Wildman–Crippen LogP) is 2.57. The van der Waals surface area contributed by atoms with Gasteiger partial charge in [0.15, 0.2) is 0 Å². The van der Waals surface area contributed by atoms with Crippen molar-refractivity contribution >= 4 is 29.8 Å². The number of nitrogens with one attached hydrogen (secondary N) is 2. The third kappa shape index (κ3) is 2.78. The Hall–Kier alpha value is -3.41. The average Bonchev–Trinajstić information content (AvgIpc) is 3.02. The number of benzene rings is 1. The zero-order valence-corrected chi connectivity index (χ0v) is 13.7. The van der Waals surface area contributed by atoms with E-state index in [1.54, 1.807) is 12.4 Å². The molecule has 0 fully saturated rings. The molecular formula is C19H17N5O. The molecule has 1 aromatic heterocycles. The van der Waals surface area contributed by atoms with Crippen LogP contribution >= 0.6 is 0 Å². The van der Waals surface area contributed by atoms with Crippen LogP contribution in [0, 0.1) is 6.92 Å². The van der Waals surface area contributed by atoms with Gasteiger partial charge in [0.1, 0.15) is 12.0 Å². The molecule has 2 N–H and O–H groups in total. The fourth-order valence-corrected chi connectivity index (χ4v) is 3.07. The second-order valence-electron chi connectivity index (χ2n) is 5.87. The standard InChI is InChI=1S/C19H17N5O/c1-13-4-2-5-14(10-13)18-19(24-17(23-18)6-3-8-22-24)15-7-9-20-16(11-15)21-12-25/h2-12,17,23H,1H3,(H,20,21,25). The summed E-state index contributed by atoms with van der Waals surface area (Å²) in [6.45, 7) is 2.07. The Kier molecular flexibility index (Phi) is 3.78. The van der Waals surface area contributed by atoms with Crippen LogP contribution in [0.2, 0.25) is 0 Å². The molecule has 124 valence electrons. The fraction of sp³-hybridized carbons (Fsp3) is 0.105. The van der Waals surface area contributed by atoms with E-state index in [9.17, 15) is 4.79 Å². The number of carbonyl (C=O) groups is 1. The van der Waals surface area contributed by atoms with E-state index >= 15 is 0 Å². The minimum absolute atomic E-state index is 0.0360. The van der Waals surface area contributed by atoms with Crippen LogP contribution in [0.4, 0.5) is 5.82 Å². The van der Waals surface area contributed by atoms with E-state index in [1.165, 1.54) is 5.56 Å². The van der Waals surface area contributed by atoms with E-state index in [0.717, 1.165) is 22.5 Å². The maximum absolute atomic E-state index is 10.7. The van der Waals surface area contributed by atoms with Gasteiger partial charge in [0.25, 0.3) is 0 Å². The minimum atomic E-state index is -0.0360. The number of allylic oxidation sites excluding steroid dienone is 1. The minimum Gasteiger partial charge on any atom is -0.358 e. The Bertz CT molecular complexity index is 916. The van der Waals surface area contributed by atoms with Crippen LogP contribution in [0.5, 0.6) is 0 Å². The van der Waals surface area contributed by atoms with Crippen LogP contribution in [-0.4, -0.2) is 28.8 Å².